The third kappa shape index (κ3) is 4.70. The second-order valence-electron chi connectivity index (χ2n) is 8.38. The number of halogens is 1. The van der Waals surface area contributed by atoms with Gasteiger partial charge in [0.15, 0.2) is 5.17 Å². The van der Waals surface area contributed by atoms with Crippen LogP contribution in [0.5, 0.6) is 0 Å². The van der Waals surface area contributed by atoms with Crippen LogP contribution in [0.15, 0.2) is 93.2 Å². The summed E-state index contributed by atoms with van der Waals surface area (Å²) >= 11 is 7.63. The molecule has 1 saturated heterocycles. The lowest BCUT2D eigenvalue weighted by molar-refractivity contribution is -0.113. The number of aliphatic imine (C=N–C) groups is 1. The molecule has 0 spiro atoms. The van der Waals surface area contributed by atoms with Crippen LogP contribution in [0.1, 0.15) is 22.5 Å². The first kappa shape index (κ1) is 23.2. The number of aryl methyl sites for hydroxylation is 3. The highest BCUT2D eigenvalue weighted by Gasteiger charge is 2.35. The number of thioether (sulfide) groups is 1. The summed E-state index contributed by atoms with van der Waals surface area (Å²) in [5.41, 5.74) is 5.58. The molecule has 0 saturated carbocycles. The molecule has 1 aliphatic rings. The minimum Gasteiger partial charge on any atom is -0.457 e. The highest BCUT2D eigenvalue weighted by molar-refractivity contribution is 8.19. The Hall–Kier alpha value is -3.54. The van der Waals surface area contributed by atoms with E-state index in [0.717, 1.165) is 33.6 Å². The second kappa shape index (κ2) is 9.61. The molecule has 0 atom stereocenters. The SMILES string of the molecule is Cc1ccc(-c2ccc(C=C3SC(=Nc4ccccc4C)N(c4ccccc4C)C3=O)o2)cc1Cl. The Bertz CT molecular complexity index is 1500. The molecule has 35 heavy (non-hydrogen) atoms. The topological polar surface area (TPSA) is 45.8 Å². The van der Waals surface area contributed by atoms with Crippen molar-refractivity contribution in [2.45, 2.75) is 20.8 Å². The molecular weight excluding hydrogens is 476 g/mol. The van der Waals surface area contributed by atoms with Crippen molar-refractivity contribution in [1.82, 2.24) is 0 Å². The number of para-hydroxylation sites is 2. The van der Waals surface area contributed by atoms with Gasteiger partial charge in [-0.05, 0) is 79.6 Å². The monoisotopic (exact) mass is 498 g/mol. The van der Waals surface area contributed by atoms with Crippen molar-refractivity contribution >= 4 is 51.9 Å². The molecule has 6 heteroatoms. The standard InChI is InChI=1S/C29H23ClN2O2S/c1-18-12-13-21(16-23(18)30)26-15-14-22(34-26)17-27-28(33)32(25-11-7-5-9-20(25)3)29(35-27)31-24-10-6-4-8-19(24)2/h4-17H,1-3H3. The van der Waals surface area contributed by atoms with Gasteiger partial charge in [-0.3, -0.25) is 9.69 Å². The Kier molecular flexibility index (Phi) is 6.37. The maximum atomic E-state index is 13.6. The van der Waals surface area contributed by atoms with Crippen LogP contribution >= 0.6 is 23.4 Å². The van der Waals surface area contributed by atoms with Crippen LogP contribution in [-0.2, 0) is 4.79 Å². The van der Waals surface area contributed by atoms with Gasteiger partial charge in [-0.1, -0.05) is 60.1 Å². The maximum Gasteiger partial charge on any atom is 0.271 e. The molecule has 1 fully saturated rings. The van der Waals surface area contributed by atoms with E-state index in [4.69, 9.17) is 21.0 Å². The van der Waals surface area contributed by atoms with Crippen LogP contribution in [0.3, 0.4) is 0 Å². The molecule has 4 nitrogen and oxygen atoms in total. The van der Waals surface area contributed by atoms with E-state index < -0.39 is 0 Å². The van der Waals surface area contributed by atoms with E-state index in [0.29, 0.717) is 26.6 Å². The first-order chi connectivity index (χ1) is 16.9. The maximum absolute atomic E-state index is 13.6. The number of carbonyl (C=O) groups is 1. The fourth-order valence-electron chi connectivity index (χ4n) is 3.83. The van der Waals surface area contributed by atoms with Crippen LogP contribution in [0, 0.1) is 20.8 Å². The van der Waals surface area contributed by atoms with Gasteiger partial charge < -0.3 is 4.42 Å². The number of amidine groups is 1. The Morgan fingerprint density at radius 2 is 1.63 bits per heavy atom. The summed E-state index contributed by atoms with van der Waals surface area (Å²) in [6.45, 7) is 5.96. The van der Waals surface area contributed by atoms with Crippen LogP contribution in [-0.4, -0.2) is 11.1 Å². The number of amides is 1. The number of hydrogen-bond acceptors (Lipinski definition) is 4. The number of carbonyl (C=O) groups excluding carboxylic acids is 1. The molecule has 0 aliphatic carbocycles. The summed E-state index contributed by atoms with van der Waals surface area (Å²) in [4.78, 5) is 20.7. The average Bonchev–Trinajstić information content (AvgIpc) is 3.43. The molecule has 1 amide bonds. The fraction of sp³-hybridized carbons (Fsp3) is 0.103. The molecule has 4 aromatic rings. The smallest absolute Gasteiger partial charge is 0.271 e. The molecule has 1 aromatic heterocycles. The van der Waals surface area contributed by atoms with E-state index in [-0.39, 0.29) is 5.91 Å². The summed E-state index contributed by atoms with van der Waals surface area (Å²) in [7, 11) is 0. The summed E-state index contributed by atoms with van der Waals surface area (Å²) in [5, 5.41) is 1.30. The molecule has 1 aliphatic heterocycles. The zero-order chi connectivity index (χ0) is 24.5. The van der Waals surface area contributed by atoms with Crippen molar-refractivity contribution < 1.29 is 9.21 Å². The molecule has 2 heterocycles. The number of furan rings is 1. The van der Waals surface area contributed by atoms with E-state index in [1.54, 1.807) is 11.0 Å². The minimum atomic E-state index is -0.132. The summed E-state index contributed by atoms with van der Waals surface area (Å²) in [5.74, 6) is 1.15. The van der Waals surface area contributed by atoms with Crippen LogP contribution in [0.2, 0.25) is 5.02 Å². The first-order valence-electron chi connectivity index (χ1n) is 11.2. The first-order valence-corrected chi connectivity index (χ1v) is 12.4. The van der Waals surface area contributed by atoms with Crippen molar-refractivity contribution in [2.75, 3.05) is 4.90 Å². The van der Waals surface area contributed by atoms with E-state index in [1.807, 2.05) is 99.6 Å². The fourth-order valence-corrected chi connectivity index (χ4v) is 4.98. The van der Waals surface area contributed by atoms with Gasteiger partial charge in [-0.15, -0.1) is 0 Å². The van der Waals surface area contributed by atoms with Crippen molar-refractivity contribution in [3.05, 3.63) is 111 Å². The van der Waals surface area contributed by atoms with Gasteiger partial charge in [0.2, 0.25) is 0 Å². The molecule has 174 valence electrons. The molecule has 0 radical (unpaired) electrons. The highest BCUT2D eigenvalue weighted by atomic mass is 35.5. The summed E-state index contributed by atoms with van der Waals surface area (Å²) in [6, 6.07) is 25.3. The largest absolute Gasteiger partial charge is 0.457 e. The van der Waals surface area contributed by atoms with E-state index in [2.05, 4.69) is 0 Å². The highest BCUT2D eigenvalue weighted by Crippen LogP contribution is 2.39. The van der Waals surface area contributed by atoms with E-state index in [1.165, 1.54) is 11.8 Å². The van der Waals surface area contributed by atoms with E-state index >= 15 is 0 Å². The van der Waals surface area contributed by atoms with Gasteiger partial charge >= 0.3 is 0 Å². The molecule has 5 rings (SSSR count). The third-order valence-electron chi connectivity index (χ3n) is 5.85. The number of rotatable bonds is 4. The Labute approximate surface area is 213 Å². The normalized spacial score (nSPS) is 16.0. The van der Waals surface area contributed by atoms with Gasteiger partial charge in [0, 0.05) is 16.7 Å². The Morgan fingerprint density at radius 3 is 2.37 bits per heavy atom. The predicted octanol–water partition coefficient (Wildman–Crippen LogP) is 8.33. The van der Waals surface area contributed by atoms with Gasteiger partial charge in [0.25, 0.3) is 5.91 Å². The van der Waals surface area contributed by atoms with Crippen LogP contribution < -0.4 is 4.90 Å². The minimum absolute atomic E-state index is 0.132. The molecule has 0 bridgehead atoms. The summed E-state index contributed by atoms with van der Waals surface area (Å²) < 4.78 is 6.05. The van der Waals surface area contributed by atoms with Crippen LogP contribution in [0.4, 0.5) is 11.4 Å². The molecule has 3 aromatic carbocycles. The quantitative estimate of drug-likeness (QED) is 0.266. The predicted molar refractivity (Wildman–Crippen MR) is 146 cm³/mol. The van der Waals surface area contributed by atoms with E-state index in [9.17, 15) is 4.79 Å². The zero-order valence-corrected chi connectivity index (χ0v) is 21.2. The van der Waals surface area contributed by atoms with Crippen molar-refractivity contribution in [2.24, 2.45) is 4.99 Å². The number of anilines is 1. The average molecular weight is 499 g/mol. The van der Waals surface area contributed by atoms with Crippen molar-refractivity contribution in [3.63, 3.8) is 0 Å². The van der Waals surface area contributed by atoms with Crippen LogP contribution in [0.25, 0.3) is 17.4 Å². The van der Waals surface area contributed by atoms with Crippen molar-refractivity contribution in [3.8, 4) is 11.3 Å². The van der Waals surface area contributed by atoms with Gasteiger partial charge in [0.1, 0.15) is 11.5 Å². The van der Waals surface area contributed by atoms with Crippen molar-refractivity contribution in [1.29, 1.82) is 0 Å². The van der Waals surface area contributed by atoms with Gasteiger partial charge in [0.05, 0.1) is 16.3 Å². The Balaban J connectivity index is 1.54. The lowest BCUT2D eigenvalue weighted by Crippen LogP contribution is -2.29. The lowest BCUT2D eigenvalue weighted by Gasteiger charge is -2.18. The third-order valence-corrected chi connectivity index (χ3v) is 7.23. The molecule has 0 N–H and O–H groups in total. The lowest BCUT2D eigenvalue weighted by atomic mass is 10.1. The molecular formula is C29H23ClN2O2S. The van der Waals surface area contributed by atoms with Gasteiger partial charge in [-0.25, -0.2) is 4.99 Å². The summed E-state index contributed by atoms with van der Waals surface area (Å²) in [6.07, 6.45) is 1.78. The molecule has 0 unspecified atom stereocenters. The zero-order valence-electron chi connectivity index (χ0n) is 19.6. The Morgan fingerprint density at radius 1 is 0.886 bits per heavy atom. The number of nitrogens with zero attached hydrogens (tertiary/aromatic N) is 2. The van der Waals surface area contributed by atoms with Gasteiger partial charge in [-0.2, -0.15) is 0 Å². The number of benzene rings is 3. The second-order valence-corrected chi connectivity index (χ2v) is 9.80. The number of hydrogen-bond donors (Lipinski definition) is 0.